The van der Waals surface area contributed by atoms with Crippen LogP contribution < -0.4 is 10.6 Å². The van der Waals surface area contributed by atoms with Gasteiger partial charge in [0.1, 0.15) is 0 Å². The Labute approximate surface area is 74.9 Å². The van der Waals surface area contributed by atoms with E-state index in [9.17, 15) is 4.79 Å². The van der Waals surface area contributed by atoms with Crippen molar-refractivity contribution in [1.29, 1.82) is 0 Å². The van der Waals surface area contributed by atoms with E-state index in [2.05, 4.69) is 31.4 Å². The number of hydrogen-bond acceptors (Lipinski definition) is 2. The molecule has 2 N–H and O–H groups in total. The van der Waals surface area contributed by atoms with Crippen molar-refractivity contribution in [2.75, 3.05) is 13.1 Å². The molecule has 0 rings (SSSR count). The highest BCUT2D eigenvalue weighted by atomic mass is 16.1. The van der Waals surface area contributed by atoms with E-state index in [1.165, 1.54) is 0 Å². The fraction of sp³-hybridized carbons (Fsp3) is 0.889. The van der Waals surface area contributed by atoms with Gasteiger partial charge in [0.25, 0.3) is 0 Å². The van der Waals surface area contributed by atoms with Crippen molar-refractivity contribution in [1.82, 2.24) is 10.6 Å². The van der Waals surface area contributed by atoms with Crippen LogP contribution in [0.4, 0.5) is 0 Å². The summed E-state index contributed by atoms with van der Waals surface area (Å²) in [6.07, 6.45) is 1.02. The molecule has 0 radical (unpaired) electrons. The fourth-order valence-corrected chi connectivity index (χ4v) is 0.704. The van der Waals surface area contributed by atoms with Crippen LogP contribution in [0, 0.1) is 0 Å². The molecule has 0 saturated heterocycles. The van der Waals surface area contributed by atoms with Crippen LogP contribution in [0.3, 0.4) is 0 Å². The molecular weight excluding hydrogens is 152 g/mol. The summed E-state index contributed by atoms with van der Waals surface area (Å²) in [5, 5.41) is 5.92. The molecule has 0 fully saturated rings. The van der Waals surface area contributed by atoms with E-state index in [-0.39, 0.29) is 11.4 Å². The summed E-state index contributed by atoms with van der Waals surface area (Å²) in [6, 6.07) is 0. The quantitative estimate of drug-likeness (QED) is 0.647. The van der Waals surface area contributed by atoms with Crippen LogP contribution in [0.5, 0.6) is 0 Å². The molecule has 0 saturated carbocycles. The van der Waals surface area contributed by atoms with Crippen molar-refractivity contribution in [3.8, 4) is 0 Å². The summed E-state index contributed by atoms with van der Waals surface area (Å²) in [4.78, 5) is 11.0. The Kier molecular flexibility index (Phi) is 4.90. The van der Waals surface area contributed by atoms with Gasteiger partial charge in [-0.05, 0) is 27.2 Å². The van der Waals surface area contributed by atoms with E-state index in [0.717, 1.165) is 6.42 Å². The lowest BCUT2D eigenvalue weighted by atomic mass is 10.0. The van der Waals surface area contributed by atoms with Gasteiger partial charge >= 0.3 is 0 Å². The average molecular weight is 172 g/mol. The molecular formula is C9H20N2O. The highest BCUT2D eigenvalue weighted by Gasteiger charge is 2.14. The third-order valence-electron chi connectivity index (χ3n) is 1.99. The van der Waals surface area contributed by atoms with Crippen LogP contribution in [0.15, 0.2) is 0 Å². The van der Waals surface area contributed by atoms with Gasteiger partial charge in [0.05, 0.1) is 6.54 Å². The molecule has 0 bridgehead atoms. The molecule has 0 atom stereocenters. The van der Waals surface area contributed by atoms with Crippen molar-refractivity contribution >= 4 is 5.91 Å². The maximum absolute atomic E-state index is 11.0. The summed E-state index contributed by atoms with van der Waals surface area (Å²) in [7, 11) is 0. The van der Waals surface area contributed by atoms with Crippen LogP contribution in [-0.4, -0.2) is 24.5 Å². The molecule has 0 aromatic carbocycles. The van der Waals surface area contributed by atoms with E-state index in [1.54, 1.807) is 0 Å². The highest BCUT2D eigenvalue weighted by molar-refractivity contribution is 5.77. The number of carbonyl (C=O) groups excluding carboxylic acids is 1. The first kappa shape index (κ1) is 11.4. The van der Waals surface area contributed by atoms with Crippen molar-refractivity contribution in [2.45, 2.75) is 39.7 Å². The summed E-state index contributed by atoms with van der Waals surface area (Å²) >= 11 is 0. The lowest BCUT2D eigenvalue weighted by Gasteiger charge is -2.23. The molecule has 1 amide bonds. The molecule has 0 aliphatic heterocycles. The van der Waals surface area contributed by atoms with Crippen LogP contribution in [0.25, 0.3) is 0 Å². The predicted octanol–water partition coefficient (Wildman–Crippen LogP) is 0.901. The number of hydrogen-bond donors (Lipinski definition) is 2. The summed E-state index contributed by atoms with van der Waals surface area (Å²) in [5.74, 6) is 0.0685. The van der Waals surface area contributed by atoms with Crippen LogP contribution in [0.2, 0.25) is 0 Å². The minimum atomic E-state index is 0.0606. The molecule has 0 aromatic heterocycles. The first-order valence-corrected chi connectivity index (χ1v) is 4.53. The minimum Gasteiger partial charge on any atom is -0.355 e. The average Bonchev–Trinajstić information content (AvgIpc) is 2.02. The Morgan fingerprint density at radius 2 is 1.92 bits per heavy atom. The maximum Gasteiger partial charge on any atom is 0.233 e. The summed E-state index contributed by atoms with van der Waals surface area (Å²) in [5.41, 5.74) is 0.0606. The van der Waals surface area contributed by atoms with E-state index in [4.69, 9.17) is 0 Å². The topological polar surface area (TPSA) is 41.1 Å². The van der Waals surface area contributed by atoms with Gasteiger partial charge < -0.3 is 10.6 Å². The van der Waals surface area contributed by atoms with Gasteiger partial charge in [0.15, 0.2) is 0 Å². The number of carbonyl (C=O) groups is 1. The number of nitrogens with one attached hydrogen (secondary N) is 2. The molecule has 0 aliphatic rings. The Hall–Kier alpha value is -0.570. The third kappa shape index (κ3) is 5.13. The second-order valence-electron chi connectivity index (χ2n) is 3.54. The molecule has 0 unspecified atom stereocenters. The van der Waals surface area contributed by atoms with Gasteiger partial charge in [-0.3, -0.25) is 4.79 Å². The van der Waals surface area contributed by atoms with E-state index in [0.29, 0.717) is 13.1 Å². The standard InChI is InChI=1S/C9H20N2O/c1-5-9(3,4)11-7-8(12)10-6-2/h11H,5-7H2,1-4H3,(H,10,12). The van der Waals surface area contributed by atoms with Crippen molar-refractivity contribution in [3.63, 3.8) is 0 Å². The van der Waals surface area contributed by atoms with Gasteiger partial charge in [-0.25, -0.2) is 0 Å². The van der Waals surface area contributed by atoms with Gasteiger partial charge in [-0.15, -0.1) is 0 Å². The lowest BCUT2D eigenvalue weighted by molar-refractivity contribution is -0.120. The largest absolute Gasteiger partial charge is 0.355 e. The zero-order valence-electron chi connectivity index (χ0n) is 8.53. The first-order valence-electron chi connectivity index (χ1n) is 4.53. The van der Waals surface area contributed by atoms with E-state index < -0.39 is 0 Å². The fourth-order valence-electron chi connectivity index (χ4n) is 0.704. The SMILES string of the molecule is CCNC(=O)CNC(C)(C)CC. The molecule has 0 aromatic rings. The summed E-state index contributed by atoms with van der Waals surface area (Å²) in [6.45, 7) is 9.31. The Morgan fingerprint density at radius 3 is 2.33 bits per heavy atom. The normalized spacial score (nSPS) is 11.3. The Bertz CT molecular complexity index is 143. The van der Waals surface area contributed by atoms with Gasteiger partial charge in [-0.1, -0.05) is 6.92 Å². The zero-order chi connectivity index (χ0) is 9.61. The third-order valence-corrected chi connectivity index (χ3v) is 1.99. The first-order chi connectivity index (χ1) is 5.52. The molecule has 0 aliphatic carbocycles. The number of amides is 1. The Morgan fingerprint density at radius 1 is 1.33 bits per heavy atom. The molecule has 0 heterocycles. The van der Waals surface area contributed by atoms with Crippen molar-refractivity contribution in [2.24, 2.45) is 0 Å². The van der Waals surface area contributed by atoms with Crippen LogP contribution in [-0.2, 0) is 4.79 Å². The van der Waals surface area contributed by atoms with Gasteiger partial charge in [-0.2, -0.15) is 0 Å². The zero-order valence-corrected chi connectivity index (χ0v) is 8.53. The molecule has 12 heavy (non-hydrogen) atoms. The van der Waals surface area contributed by atoms with Gasteiger partial charge in [0, 0.05) is 12.1 Å². The number of likely N-dealkylation sites (N-methyl/N-ethyl adjacent to an activating group) is 1. The molecule has 72 valence electrons. The van der Waals surface area contributed by atoms with E-state index >= 15 is 0 Å². The summed E-state index contributed by atoms with van der Waals surface area (Å²) < 4.78 is 0. The van der Waals surface area contributed by atoms with Crippen molar-refractivity contribution in [3.05, 3.63) is 0 Å². The predicted molar refractivity (Wildman–Crippen MR) is 51.1 cm³/mol. The van der Waals surface area contributed by atoms with Gasteiger partial charge in [0.2, 0.25) is 5.91 Å². The highest BCUT2D eigenvalue weighted by Crippen LogP contribution is 2.05. The monoisotopic (exact) mass is 172 g/mol. The number of rotatable bonds is 5. The maximum atomic E-state index is 11.0. The Balaban J connectivity index is 3.60. The molecule has 0 spiro atoms. The second-order valence-corrected chi connectivity index (χ2v) is 3.54. The van der Waals surface area contributed by atoms with Crippen LogP contribution >= 0.6 is 0 Å². The second kappa shape index (κ2) is 5.14. The molecule has 3 heteroatoms. The van der Waals surface area contributed by atoms with E-state index in [1.807, 2.05) is 6.92 Å². The smallest absolute Gasteiger partial charge is 0.233 e. The minimum absolute atomic E-state index is 0.0606. The molecule has 3 nitrogen and oxygen atoms in total. The lowest BCUT2D eigenvalue weighted by Crippen LogP contribution is -2.44. The van der Waals surface area contributed by atoms with Crippen LogP contribution in [0.1, 0.15) is 34.1 Å². The van der Waals surface area contributed by atoms with Crippen molar-refractivity contribution < 1.29 is 4.79 Å².